The van der Waals surface area contributed by atoms with Gasteiger partial charge in [-0.2, -0.15) is 0 Å². The monoisotopic (exact) mass is 272 g/mol. The first-order valence-corrected chi connectivity index (χ1v) is 5.93. The third-order valence-corrected chi connectivity index (χ3v) is 2.85. The molecule has 0 radical (unpaired) electrons. The highest BCUT2D eigenvalue weighted by molar-refractivity contribution is 6.32. The molecule has 1 unspecified atom stereocenters. The molecule has 1 aromatic carbocycles. The van der Waals surface area contributed by atoms with Crippen LogP contribution in [0.4, 0.5) is 5.69 Å². The van der Waals surface area contributed by atoms with Crippen LogP contribution in [0.25, 0.3) is 0 Å². The van der Waals surface area contributed by atoms with Gasteiger partial charge in [-0.1, -0.05) is 11.6 Å². The number of halogens is 1. The molecule has 1 aliphatic rings. The third-order valence-electron chi connectivity index (χ3n) is 2.56. The van der Waals surface area contributed by atoms with Crippen molar-refractivity contribution in [3.8, 4) is 5.75 Å². The normalized spacial score (nSPS) is 19.5. The van der Waals surface area contributed by atoms with E-state index in [9.17, 15) is 10.1 Å². The zero-order chi connectivity index (χ0) is 13.0. The van der Waals surface area contributed by atoms with Crippen molar-refractivity contribution in [2.24, 2.45) is 0 Å². The van der Waals surface area contributed by atoms with Gasteiger partial charge < -0.3 is 14.8 Å². The maximum absolute atomic E-state index is 10.5. The Morgan fingerprint density at radius 1 is 1.61 bits per heavy atom. The van der Waals surface area contributed by atoms with Crippen LogP contribution in [-0.4, -0.2) is 37.3 Å². The van der Waals surface area contributed by atoms with E-state index in [0.717, 1.165) is 13.1 Å². The standard InChI is InChI=1S/C11H13ClN2O4/c12-10-5-8(14(15)16)1-2-11(10)18-7-9-6-13-3-4-17-9/h1-2,5,9,13H,3-4,6-7H2. The molecule has 7 heteroatoms. The predicted octanol–water partition coefficient (Wildman–Crippen LogP) is 1.62. The van der Waals surface area contributed by atoms with Gasteiger partial charge in [0.2, 0.25) is 0 Å². The van der Waals surface area contributed by atoms with Crippen molar-refractivity contribution >= 4 is 17.3 Å². The van der Waals surface area contributed by atoms with Crippen LogP contribution in [0, 0.1) is 10.1 Å². The molecular formula is C11H13ClN2O4. The van der Waals surface area contributed by atoms with Gasteiger partial charge >= 0.3 is 0 Å². The highest BCUT2D eigenvalue weighted by atomic mass is 35.5. The first-order valence-electron chi connectivity index (χ1n) is 5.56. The number of hydrogen-bond acceptors (Lipinski definition) is 5. The molecule has 6 nitrogen and oxygen atoms in total. The van der Waals surface area contributed by atoms with Gasteiger partial charge in [0.25, 0.3) is 5.69 Å². The van der Waals surface area contributed by atoms with Crippen molar-refractivity contribution in [1.29, 1.82) is 0 Å². The number of ether oxygens (including phenoxy) is 2. The molecule has 0 spiro atoms. The number of nitrogens with zero attached hydrogens (tertiary/aromatic N) is 1. The first kappa shape index (κ1) is 13.1. The van der Waals surface area contributed by atoms with Gasteiger partial charge in [-0.15, -0.1) is 0 Å². The molecule has 98 valence electrons. The van der Waals surface area contributed by atoms with E-state index in [-0.39, 0.29) is 16.8 Å². The maximum atomic E-state index is 10.5. The van der Waals surface area contributed by atoms with Crippen molar-refractivity contribution in [2.75, 3.05) is 26.3 Å². The molecule has 18 heavy (non-hydrogen) atoms. The summed E-state index contributed by atoms with van der Waals surface area (Å²) < 4.78 is 11.0. The van der Waals surface area contributed by atoms with E-state index >= 15 is 0 Å². The van der Waals surface area contributed by atoms with Crippen molar-refractivity contribution < 1.29 is 14.4 Å². The molecule has 0 bridgehead atoms. The Balaban J connectivity index is 1.94. The lowest BCUT2D eigenvalue weighted by atomic mass is 10.3. The second kappa shape index (κ2) is 5.99. The van der Waals surface area contributed by atoms with E-state index in [2.05, 4.69) is 5.32 Å². The van der Waals surface area contributed by atoms with Crippen LogP contribution in [0.1, 0.15) is 0 Å². The number of benzene rings is 1. The highest BCUT2D eigenvalue weighted by Gasteiger charge is 2.16. The van der Waals surface area contributed by atoms with Gasteiger partial charge in [0.15, 0.2) is 0 Å². The SMILES string of the molecule is O=[N+]([O-])c1ccc(OCC2CNCCO2)c(Cl)c1. The van der Waals surface area contributed by atoms with Crippen LogP contribution in [-0.2, 0) is 4.74 Å². The van der Waals surface area contributed by atoms with Crippen LogP contribution in [0.15, 0.2) is 18.2 Å². The molecule has 0 amide bonds. The molecule has 1 heterocycles. The summed E-state index contributed by atoms with van der Waals surface area (Å²) >= 11 is 5.91. The minimum Gasteiger partial charge on any atom is -0.489 e. The fraction of sp³-hybridized carbons (Fsp3) is 0.455. The van der Waals surface area contributed by atoms with Crippen molar-refractivity contribution in [3.63, 3.8) is 0 Å². The smallest absolute Gasteiger partial charge is 0.271 e. The lowest BCUT2D eigenvalue weighted by molar-refractivity contribution is -0.384. The summed E-state index contributed by atoms with van der Waals surface area (Å²) in [5, 5.41) is 14.0. The van der Waals surface area contributed by atoms with E-state index in [1.54, 1.807) is 0 Å². The highest BCUT2D eigenvalue weighted by Crippen LogP contribution is 2.28. The lowest BCUT2D eigenvalue weighted by Gasteiger charge is -2.23. The third kappa shape index (κ3) is 3.32. The molecule has 1 aromatic rings. The molecular weight excluding hydrogens is 260 g/mol. The summed E-state index contributed by atoms with van der Waals surface area (Å²) in [6, 6.07) is 4.13. The largest absolute Gasteiger partial charge is 0.489 e. The number of hydrogen-bond donors (Lipinski definition) is 1. The molecule has 1 saturated heterocycles. The van der Waals surface area contributed by atoms with Crippen LogP contribution < -0.4 is 10.1 Å². The molecule has 1 N–H and O–H groups in total. The van der Waals surface area contributed by atoms with E-state index in [1.165, 1.54) is 18.2 Å². The van der Waals surface area contributed by atoms with Gasteiger partial charge in [0.1, 0.15) is 18.5 Å². The zero-order valence-electron chi connectivity index (χ0n) is 9.60. The quantitative estimate of drug-likeness (QED) is 0.666. The first-order chi connectivity index (χ1) is 8.66. The van der Waals surface area contributed by atoms with Crippen LogP contribution in [0.3, 0.4) is 0 Å². The van der Waals surface area contributed by atoms with Crippen molar-refractivity contribution in [3.05, 3.63) is 33.3 Å². The van der Waals surface area contributed by atoms with Gasteiger partial charge in [0.05, 0.1) is 16.6 Å². The Morgan fingerprint density at radius 2 is 2.44 bits per heavy atom. The maximum Gasteiger partial charge on any atom is 0.271 e. The molecule has 1 aliphatic heterocycles. The molecule has 0 saturated carbocycles. The number of rotatable bonds is 4. The number of nitrogens with one attached hydrogen (secondary N) is 1. The molecule has 0 aliphatic carbocycles. The fourth-order valence-electron chi connectivity index (χ4n) is 1.63. The van der Waals surface area contributed by atoms with E-state index in [0.29, 0.717) is 19.0 Å². The van der Waals surface area contributed by atoms with Gasteiger partial charge in [-0.25, -0.2) is 0 Å². The number of nitro benzene ring substituents is 1. The van der Waals surface area contributed by atoms with Crippen molar-refractivity contribution in [2.45, 2.75) is 6.10 Å². The lowest BCUT2D eigenvalue weighted by Crippen LogP contribution is -2.41. The number of non-ortho nitro benzene ring substituents is 1. The average Bonchev–Trinajstić information content (AvgIpc) is 2.38. The minimum absolute atomic E-state index is 0.0231. The Kier molecular flexibility index (Phi) is 4.35. The van der Waals surface area contributed by atoms with Gasteiger partial charge in [-0.05, 0) is 6.07 Å². The average molecular weight is 273 g/mol. The summed E-state index contributed by atoms with van der Waals surface area (Å²) in [5.41, 5.74) is -0.0528. The molecule has 1 fully saturated rings. The summed E-state index contributed by atoms with van der Waals surface area (Å²) in [7, 11) is 0. The Bertz CT molecular complexity index is 435. The Morgan fingerprint density at radius 3 is 3.06 bits per heavy atom. The second-order valence-electron chi connectivity index (χ2n) is 3.88. The molecule has 1 atom stereocenters. The van der Waals surface area contributed by atoms with E-state index in [1.807, 2.05) is 0 Å². The van der Waals surface area contributed by atoms with E-state index < -0.39 is 4.92 Å². The summed E-state index contributed by atoms with van der Waals surface area (Å²) in [6.45, 7) is 2.59. The van der Waals surface area contributed by atoms with E-state index in [4.69, 9.17) is 21.1 Å². The molecule has 2 rings (SSSR count). The molecule has 0 aromatic heterocycles. The van der Waals surface area contributed by atoms with Crippen molar-refractivity contribution in [1.82, 2.24) is 5.32 Å². The van der Waals surface area contributed by atoms with Gasteiger partial charge in [-0.3, -0.25) is 10.1 Å². The topological polar surface area (TPSA) is 73.6 Å². The summed E-state index contributed by atoms with van der Waals surface area (Å²) in [4.78, 5) is 10.1. The second-order valence-corrected chi connectivity index (χ2v) is 4.29. The Hall–Kier alpha value is -1.37. The number of nitro groups is 1. The summed E-state index contributed by atoms with van der Waals surface area (Å²) in [6.07, 6.45) is -0.0231. The van der Waals surface area contributed by atoms with Crippen LogP contribution in [0.5, 0.6) is 5.75 Å². The number of morpholine rings is 1. The fourth-order valence-corrected chi connectivity index (χ4v) is 1.86. The van der Waals surface area contributed by atoms with Crippen LogP contribution in [0.2, 0.25) is 5.02 Å². The Labute approximate surface area is 109 Å². The predicted molar refractivity (Wildman–Crippen MR) is 66.2 cm³/mol. The zero-order valence-corrected chi connectivity index (χ0v) is 10.4. The van der Waals surface area contributed by atoms with Gasteiger partial charge in [0, 0.05) is 25.2 Å². The minimum atomic E-state index is -0.496. The van der Waals surface area contributed by atoms with Crippen LogP contribution >= 0.6 is 11.6 Å². The summed E-state index contributed by atoms with van der Waals surface area (Å²) in [5.74, 6) is 0.427.